The lowest BCUT2D eigenvalue weighted by Crippen LogP contribution is -2.11. The summed E-state index contributed by atoms with van der Waals surface area (Å²) in [6.07, 6.45) is 0.197. The zero-order valence-corrected chi connectivity index (χ0v) is 5.77. The third-order valence-corrected chi connectivity index (χ3v) is 0.844. The molecule has 52 valence electrons. The molecule has 0 aromatic rings. The van der Waals surface area contributed by atoms with Gasteiger partial charge in [-0.25, -0.2) is 0 Å². The van der Waals surface area contributed by atoms with Crippen LogP contribution in [-0.2, 0) is 14.3 Å². The molecule has 0 saturated heterocycles. The van der Waals surface area contributed by atoms with Crippen LogP contribution in [-0.4, -0.2) is 17.8 Å². The Balaban J connectivity index is 3.47. The number of esters is 2. The van der Waals surface area contributed by atoms with Crippen molar-refractivity contribution in [2.75, 3.05) is 5.88 Å². The standard InChI is InChI=1S/C5H7ClO3/c1-2-4(7)9-5(8)3-6/h2-3H2,1H3. The van der Waals surface area contributed by atoms with Crippen molar-refractivity contribution in [3.63, 3.8) is 0 Å². The Labute approximate surface area is 57.9 Å². The van der Waals surface area contributed by atoms with Crippen LogP contribution >= 0.6 is 11.6 Å². The highest BCUT2D eigenvalue weighted by Crippen LogP contribution is 1.87. The van der Waals surface area contributed by atoms with Gasteiger partial charge < -0.3 is 4.74 Å². The SMILES string of the molecule is CCC(=O)OC(=O)CCl. The molecule has 9 heavy (non-hydrogen) atoms. The maximum Gasteiger partial charge on any atom is 0.328 e. The van der Waals surface area contributed by atoms with Gasteiger partial charge in [-0.1, -0.05) is 6.92 Å². The number of ether oxygens (including phenoxy) is 1. The number of halogens is 1. The molecule has 0 aromatic carbocycles. The van der Waals surface area contributed by atoms with Crippen LogP contribution in [0.1, 0.15) is 13.3 Å². The van der Waals surface area contributed by atoms with Crippen LogP contribution in [0.3, 0.4) is 0 Å². The van der Waals surface area contributed by atoms with Crippen LogP contribution < -0.4 is 0 Å². The zero-order chi connectivity index (χ0) is 7.28. The Kier molecular flexibility index (Phi) is 4.05. The summed E-state index contributed by atoms with van der Waals surface area (Å²) >= 11 is 5.03. The fraction of sp³-hybridized carbons (Fsp3) is 0.600. The molecule has 0 unspecified atom stereocenters. The molecule has 0 aromatic heterocycles. The van der Waals surface area contributed by atoms with Gasteiger partial charge in [-0.15, -0.1) is 11.6 Å². The first-order valence-electron chi connectivity index (χ1n) is 2.50. The monoisotopic (exact) mass is 150 g/mol. The van der Waals surface area contributed by atoms with Crippen molar-refractivity contribution in [3.8, 4) is 0 Å². The molecular weight excluding hydrogens is 144 g/mol. The molecule has 0 saturated carbocycles. The quantitative estimate of drug-likeness (QED) is 0.331. The second kappa shape index (κ2) is 4.32. The van der Waals surface area contributed by atoms with Gasteiger partial charge in [-0.05, 0) is 0 Å². The smallest absolute Gasteiger partial charge is 0.328 e. The van der Waals surface area contributed by atoms with E-state index in [1.165, 1.54) is 0 Å². The Hall–Kier alpha value is -0.570. The average Bonchev–Trinajstić information content (AvgIpc) is 1.87. The summed E-state index contributed by atoms with van der Waals surface area (Å²) < 4.78 is 4.14. The van der Waals surface area contributed by atoms with E-state index in [0.29, 0.717) is 0 Å². The van der Waals surface area contributed by atoms with Gasteiger partial charge in [-0.2, -0.15) is 0 Å². The Bertz CT molecular complexity index is 107. The van der Waals surface area contributed by atoms with Crippen LogP contribution in [0.4, 0.5) is 0 Å². The number of carbonyl (C=O) groups excluding carboxylic acids is 2. The minimum Gasteiger partial charge on any atom is -0.392 e. The van der Waals surface area contributed by atoms with Crippen molar-refractivity contribution in [2.24, 2.45) is 0 Å². The molecule has 0 N–H and O–H groups in total. The molecule has 0 aliphatic carbocycles. The van der Waals surface area contributed by atoms with Crippen molar-refractivity contribution in [3.05, 3.63) is 0 Å². The lowest BCUT2D eigenvalue weighted by Gasteiger charge is -1.94. The molecule has 0 atom stereocenters. The molecule has 0 spiro atoms. The van der Waals surface area contributed by atoms with Gasteiger partial charge in [0.1, 0.15) is 5.88 Å². The molecular formula is C5H7ClO3. The lowest BCUT2D eigenvalue weighted by molar-refractivity contribution is -0.157. The third kappa shape index (κ3) is 3.97. The first-order valence-corrected chi connectivity index (χ1v) is 3.03. The summed E-state index contributed by atoms with van der Waals surface area (Å²) in [6.45, 7) is 1.60. The number of hydrogen-bond acceptors (Lipinski definition) is 3. The zero-order valence-electron chi connectivity index (χ0n) is 5.02. The Morgan fingerprint density at radius 1 is 1.44 bits per heavy atom. The van der Waals surface area contributed by atoms with Crippen molar-refractivity contribution in [1.82, 2.24) is 0 Å². The van der Waals surface area contributed by atoms with Gasteiger partial charge in [0.15, 0.2) is 0 Å². The van der Waals surface area contributed by atoms with Gasteiger partial charge in [0.05, 0.1) is 0 Å². The summed E-state index contributed by atoms with van der Waals surface area (Å²) in [6, 6.07) is 0. The van der Waals surface area contributed by atoms with Crippen molar-refractivity contribution < 1.29 is 14.3 Å². The molecule has 3 nitrogen and oxygen atoms in total. The number of hydrogen-bond donors (Lipinski definition) is 0. The molecule has 0 fully saturated rings. The van der Waals surface area contributed by atoms with Gasteiger partial charge in [0.25, 0.3) is 0 Å². The van der Waals surface area contributed by atoms with Crippen LogP contribution in [0.5, 0.6) is 0 Å². The maximum atomic E-state index is 10.3. The van der Waals surface area contributed by atoms with E-state index >= 15 is 0 Å². The van der Waals surface area contributed by atoms with Gasteiger partial charge in [0.2, 0.25) is 0 Å². The van der Waals surface area contributed by atoms with Crippen molar-refractivity contribution >= 4 is 23.5 Å². The molecule has 0 aliphatic rings. The molecule has 0 aliphatic heterocycles. The highest BCUT2D eigenvalue weighted by atomic mass is 35.5. The molecule has 4 heteroatoms. The summed E-state index contributed by atoms with van der Waals surface area (Å²) in [5.74, 6) is -1.50. The van der Waals surface area contributed by atoms with E-state index in [4.69, 9.17) is 11.6 Å². The van der Waals surface area contributed by atoms with Gasteiger partial charge in [0, 0.05) is 6.42 Å². The number of alkyl halides is 1. The van der Waals surface area contributed by atoms with Crippen molar-refractivity contribution in [2.45, 2.75) is 13.3 Å². The molecule has 0 rings (SSSR count). The van der Waals surface area contributed by atoms with Crippen LogP contribution in [0.15, 0.2) is 0 Å². The van der Waals surface area contributed by atoms with Crippen molar-refractivity contribution in [1.29, 1.82) is 0 Å². The van der Waals surface area contributed by atoms with E-state index in [0.717, 1.165) is 0 Å². The third-order valence-electron chi connectivity index (χ3n) is 0.625. The highest BCUT2D eigenvalue weighted by molar-refractivity contribution is 6.27. The summed E-state index contributed by atoms with van der Waals surface area (Å²) in [5.41, 5.74) is 0. The lowest BCUT2D eigenvalue weighted by atomic mass is 10.5. The molecule has 0 heterocycles. The fourth-order valence-electron chi connectivity index (χ4n) is 0.226. The molecule has 0 bridgehead atoms. The first kappa shape index (κ1) is 8.43. The second-order valence-corrected chi connectivity index (χ2v) is 1.60. The second-order valence-electron chi connectivity index (χ2n) is 1.33. The van der Waals surface area contributed by atoms with E-state index in [-0.39, 0.29) is 12.3 Å². The predicted octanol–water partition coefficient (Wildman–Crippen LogP) is 0.705. The van der Waals surface area contributed by atoms with Crippen LogP contribution in [0, 0.1) is 0 Å². The molecule has 0 radical (unpaired) electrons. The minimum absolute atomic E-state index is 0.197. The van der Waals surface area contributed by atoms with E-state index in [2.05, 4.69) is 4.74 Å². The fourth-order valence-corrected chi connectivity index (χ4v) is 0.281. The van der Waals surface area contributed by atoms with Crippen LogP contribution in [0.2, 0.25) is 0 Å². The van der Waals surface area contributed by atoms with Crippen LogP contribution in [0.25, 0.3) is 0 Å². The summed E-state index contributed by atoms with van der Waals surface area (Å²) in [7, 11) is 0. The summed E-state index contributed by atoms with van der Waals surface area (Å²) in [5, 5.41) is 0. The highest BCUT2D eigenvalue weighted by Gasteiger charge is 2.04. The number of rotatable bonds is 2. The maximum absolute atomic E-state index is 10.3. The Morgan fingerprint density at radius 3 is 2.33 bits per heavy atom. The normalized spacial score (nSPS) is 8.67. The average molecular weight is 151 g/mol. The van der Waals surface area contributed by atoms with E-state index in [9.17, 15) is 9.59 Å². The first-order chi connectivity index (χ1) is 4.20. The topological polar surface area (TPSA) is 43.4 Å². The summed E-state index contributed by atoms with van der Waals surface area (Å²) in [4.78, 5) is 20.5. The largest absolute Gasteiger partial charge is 0.392 e. The predicted molar refractivity (Wildman–Crippen MR) is 32.1 cm³/mol. The molecule has 0 amide bonds. The number of carbonyl (C=O) groups is 2. The van der Waals surface area contributed by atoms with Gasteiger partial charge in [-0.3, -0.25) is 9.59 Å². The van der Waals surface area contributed by atoms with E-state index < -0.39 is 11.9 Å². The Morgan fingerprint density at radius 2 is 2.00 bits per heavy atom. The van der Waals surface area contributed by atoms with Gasteiger partial charge >= 0.3 is 11.9 Å². The van der Waals surface area contributed by atoms with E-state index in [1.807, 2.05) is 0 Å². The minimum atomic E-state index is -0.691. The van der Waals surface area contributed by atoms with E-state index in [1.54, 1.807) is 6.92 Å².